The predicted octanol–water partition coefficient (Wildman–Crippen LogP) is 1.54. The largest absolute Gasteiger partial charge is 0.468 e. The molecule has 2 aromatic rings. The molecule has 6 heteroatoms. The van der Waals surface area contributed by atoms with Gasteiger partial charge in [-0.2, -0.15) is 0 Å². The van der Waals surface area contributed by atoms with Crippen molar-refractivity contribution in [3.05, 3.63) is 54.5 Å². The molecule has 2 N–H and O–H groups in total. The van der Waals surface area contributed by atoms with Gasteiger partial charge in [0.2, 0.25) is 5.91 Å². The highest BCUT2D eigenvalue weighted by Gasteiger charge is 2.35. The minimum absolute atomic E-state index is 0.0551. The standard InChI is InChI=1S/C18H22N4O2/c23-18(16-13-15(19-20-16)17-7-4-12-24-17)22-10-8-21(9-11-22)14-5-2-1-3-6-14/h1-7,12,15-16,19-20H,8-11,13H2. The van der Waals surface area contributed by atoms with Crippen LogP contribution in [0.1, 0.15) is 18.2 Å². The Kier molecular flexibility index (Phi) is 4.23. The van der Waals surface area contributed by atoms with Crippen molar-refractivity contribution in [2.45, 2.75) is 18.5 Å². The Morgan fingerprint density at radius 2 is 1.79 bits per heavy atom. The summed E-state index contributed by atoms with van der Waals surface area (Å²) >= 11 is 0. The minimum atomic E-state index is -0.191. The van der Waals surface area contributed by atoms with Gasteiger partial charge >= 0.3 is 0 Å². The summed E-state index contributed by atoms with van der Waals surface area (Å²) in [7, 11) is 0. The third-order valence-corrected chi connectivity index (χ3v) is 4.80. The van der Waals surface area contributed by atoms with E-state index in [2.05, 4.69) is 40.0 Å². The maximum absolute atomic E-state index is 12.7. The van der Waals surface area contributed by atoms with Gasteiger partial charge < -0.3 is 14.2 Å². The number of carbonyl (C=O) groups is 1. The van der Waals surface area contributed by atoms with Crippen LogP contribution in [-0.2, 0) is 4.79 Å². The Bertz CT molecular complexity index is 666. The summed E-state index contributed by atoms with van der Waals surface area (Å²) in [5.41, 5.74) is 7.51. The molecule has 1 aromatic carbocycles. The fraction of sp³-hybridized carbons (Fsp3) is 0.389. The molecule has 0 radical (unpaired) electrons. The molecule has 1 aromatic heterocycles. The van der Waals surface area contributed by atoms with E-state index in [9.17, 15) is 4.79 Å². The summed E-state index contributed by atoms with van der Waals surface area (Å²) in [6.45, 7) is 3.27. The van der Waals surface area contributed by atoms with Crippen molar-refractivity contribution in [2.75, 3.05) is 31.1 Å². The van der Waals surface area contributed by atoms with Crippen molar-refractivity contribution in [1.29, 1.82) is 0 Å². The zero-order chi connectivity index (χ0) is 16.4. The molecule has 2 atom stereocenters. The summed E-state index contributed by atoms with van der Waals surface area (Å²) in [6.07, 6.45) is 2.38. The van der Waals surface area contributed by atoms with Gasteiger partial charge in [0.1, 0.15) is 11.8 Å². The predicted molar refractivity (Wildman–Crippen MR) is 91.4 cm³/mol. The average Bonchev–Trinajstić information content (AvgIpc) is 3.33. The monoisotopic (exact) mass is 326 g/mol. The quantitative estimate of drug-likeness (QED) is 0.896. The summed E-state index contributed by atoms with van der Waals surface area (Å²) in [5, 5.41) is 0. The van der Waals surface area contributed by atoms with Gasteiger partial charge in [-0.05, 0) is 30.7 Å². The highest BCUT2D eigenvalue weighted by molar-refractivity contribution is 5.82. The van der Waals surface area contributed by atoms with Crippen LogP contribution in [0.25, 0.3) is 0 Å². The lowest BCUT2D eigenvalue weighted by atomic mass is 10.1. The molecule has 6 nitrogen and oxygen atoms in total. The molecular weight excluding hydrogens is 304 g/mol. The number of hydrogen-bond acceptors (Lipinski definition) is 5. The Balaban J connectivity index is 1.32. The lowest BCUT2D eigenvalue weighted by Crippen LogP contribution is -2.53. The number of benzene rings is 1. The molecule has 4 rings (SSSR count). The molecule has 0 spiro atoms. The van der Waals surface area contributed by atoms with E-state index in [-0.39, 0.29) is 18.0 Å². The SMILES string of the molecule is O=C(C1CC(c2ccco2)NN1)N1CCN(c2ccccc2)CC1. The van der Waals surface area contributed by atoms with Crippen molar-refractivity contribution in [3.63, 3.8) is 0 Å². The lowest BCUT2D eigenvalue weighted by Gasteiger charge is -2.37. The molecular formula is C18H22N4O2. The van der Waals surface area contributed by atoms with Crippen LogP contribution in [-0.4, -0.2) is 43.0 Å². The number of nitrogens with one attached hydrogen (secondary N) is 2. The van der Waals surface area contributed by atoms with Crippen LogP contribution in [0.2, 0.25) is 0 Å². The number of nitrogens with zero attached hydrogens (tertiary/aromatic N) is 2. The highest BCUT2D eigenvalue weighted by atomic mass is 16.3. The van der Waals surface area contributed by atoms with Gasteiger partial charge in [0, 0.05) is 31.9 Å². The lowest BCUT2D eigenvalue weighted by molar-refractivity contribution is -0.133. The van der Waals surface area contributed by atoms with Gasteiger partial charge in [0.15, 0.2) is 0 Å². The number of para-hydroxylation sites is 1. The van der Waals surface area contributed by atoms with Crippen LogP contribution in [0.4, 0.5) is 5.69 Å². The second-order valence-electron chi connectivity index (χ2n) is 6.29. The minimum Gasteiger partial charge on any atom is -0.468 e. The van der Waals surface area contributed by atoms with Crippen LogP contribution in [0.3, 0.4) is 0 Å². The molecule has 2 fully saturated rings. The fourth-order valence-electron chi connectivity index (χ4n) is 3.44. The Labute approximate surface area is 141 Å². The van der Waals surface area contributed by atoms with Crippen LogP contribution < -0.4 is 15.8 Å². The highest BCUT2D eigenvalue weighted by Crippen LogP contribution is 2.24. The average molecular weight is 326 g/mol. The topological polar surface area (TPSA) is 60.8 Å². The third kappa shape index (κ3) is 3.02. The molecule has 3 heterocycles. The Hall–Kier alpha value is -2.31. The van der Waals surface area contributed by atoms with E-state index in [1.165, 1.54) is 5.69 Å². The van der Waals surface area contributed by atoms with Gasteiger partial charge in [-0.1, -0.05) is 18.2 Å². The first-order valence-corrected chi connectivity index (χ1v) is 8.44. The number of rotatable bonds is 3. The number of amides is 1. The van der Waals surface area contributed by atoms with Crippen LogP contribution in [0.15, 0.2) is 53.1 Å². The molecule has 2 unspecified atom stereocenters. The van der Waals surface area contributed by atoms with Crippen LogP contribution in [0.5, 0.6) is 0 Å². The number of hydrogen-bond donors (Lipinski definition) is 2. The molecule has 2 saturated heterocycles. The number of furan rings is 1. The molecule has 1 amide bonds. The van der Waals surface area contributed by atoms with E-state index in [4.69, 9.17) is 4.42 Å². The maximum atomic E-state index is 12.7. The summed E-state index contributed by atoms with van der Waals surface area (Å²) in [6, 6.07) is 14.0. The van der Waals surface area contributed by atoms with Crippen molar-refractivity contribution in [2.24, 2.45) is 0 Å². The van der Waals surface area contributed by atoms with Crippen LogP contribution in [0, 0.1) is 0 Å². The molecule has 0 aliphatic carbocycles. The number of piperazine rings is 1. The molecule has 0 bridgehead atoms. The smallest absolute Gasteiger partial charge is 0.241 e. The first kappa shape index (κ1) is 15.2. The number of hydrazine groups is 1. The third-order valence-electron chi connectivity index (χ3n) is 4.80. The van der Waals surface area contributed by atoms with Crippen LogP contribution >= 0.6 is 0 Å². The first-order valence-electron chi connectivity index (χ1n) is 8.44. The van der Waals surface area contributed by atoms with E-state index in [1.807, 2.05) is 23.1 Å². The van der Waals surface area contributed by atoms with E-state index in [0.29, 0.717) is 6.42 Å². The molecule has 126 valence electrons. The molecule has 2 aliphatic rings. The van der Waals surface area contributed by atoms with E-state index < -0.39 is 0 Å². The Morgan fingerprint density at radius 1 is 1.00 bits per heavy atom. The summed E-state index contributed by atoms with van der Waals surface area (Å²) in [4.78, 5) is 17.0. The van der Waals surface area contributed by atoms with Crippen molar-refractivity contribution >= 4 is 11.6 Å². The molecule has 2 aliphatic heterocycles. The van der Waals surface area contributed by atoms with Crippen molar-refractivity contribution < 1.29 is 9.21 Å². The molecule has 24 heavy (non-hydrogen) atoms. The normalized spacial score (nSPS) is 24.3. The van der Waals surface area contributed by atoms with E-state index in [1.54, 1.807) is 6.26 Å². The van der Waals surface area contributed by atoms with E-state index in [0.717, 1.165) is 31.9 Å². The van der Waals surface area contributed by atoms with Gasteiger partial charge in [0.05, 0.1) is 12.3 Å². The van der Waals surface area contributed by atoms with E-state index >= 15 is 0 Å². The van der Waals surface area contributed by atoms with Gasteiger partial charge in [-0.15, -0.1) is 0 Å². The van der Waals surface area contributed by atoms with Gasteiger partial charge in [-0.25, -0.2) is 10.9 Å². The number of anilines is 1. The fourth-order valence-corrected chi connectivity index (χ4v) is 3.44. The summed E-state index contributed by atoms with van der Waals surface area (Å²) < 4.78 is 5.42. The van der Waals surface area contributed by atoms with Crippen molar-refractivity contribution in [3.8, 4) is 0 Å². The van der Waals surface area contributed by atoms with Crippen molar-refractivity contribution in [1.82, 2.24) is 15.8 Å². The zero-order valence-corrected chi connectivity index (χ0v) is 13.5. The van der Waals surface area contributed by atoms with Gasteiger partial charge in [-0.3, -0.25) is 4.79 Å². The Morgan fingerprint density at radius 3 is 2.50 bits per heavy atom. The van der Waals surface area contributed by atoms with Gasteiger partial charge in [0.25, 0.3) is 0 Å². The zero-order valence-electron chi connectivity index (χ0n) is 13.5. The summed E-state index contributed by atoms with van der Waals surface area (Å²) in [5.74, 6) is 1.04. The maximum Gasteiger partial charge on any atom is 0.241 e. The first-order chi connectivity index (χ1) is 11.8. The molecule has 0 saturated carbocycles. The number of carbonyl (C=O) groups excluding carboxylic acids is 1. The second kappa shape index (κ2) is 6.67. The second-order valence-corrected chi connectivity index (χ2v) is 6.29.